The Labute approximate surface area is 130 Å². The maximum absolute atomic E-state index is 12.1. The molecule has 4 rings (SSSR count). The zero-order valence-corrected chi connectivity index (χ0v) is 13.0. The van der Waals surface area contributed by atoms with Crippen LogP contribution in [0.15, 0.2) is 16.9 Å². The minimum atomic E-state index is 0.141. The van der Waals surface area contributed by atoms with E-state index in [1.807, 2.05) is 10.6 Å². The lowest BCUT2D eigenvalue weighted by atomic mass is 9.91. The van der Waals surface area contributed by atoms with Gasteiger partial charge in [0.25, 0.3) is 5.56 Å². The number of hydrogen-bond acceptors (Lipinski definition) is 2. The van der Waals surface area contributed by atoms with Crippen molar-refractivity contribution in [2.45, 2.75) is 64.0 Å². The highest BCUT2D eigenvalue weighted by Gasteiger charge is 2.28. The lowest BCUT2D eigenvalue weighted by Gasteiger charge is -2.27. The predicted octanol–water partition coefficient (Wildman–Crippen LogP) is 2.03. The second-order valence-corrected chi connectivity index (χ2v) is 7.35. The highest BCUT2D eigenvalue weighted by molar-refractivity contribution is 5.76. The van der Waals surface area contributed by atoms with Crippen LogP contribution < -0.4 is 10.9 Å². The lowest BCUT2D eigenvalue weighted by Crippen LogP contribution is -2.40. The molecule has 1 heterocycles. The summed E-state index contributed by atoms with van der Waals surface area (Å²) in [5.41, 5.74) is 2.61. The summed E-state index contributed by atoms with van der Waals surface area (Å²) in [5, 5.41) is 3.19. The normalized spacial score (nSPS) is 23.9. The third kappa shape index (κ3) is 3.11. The average Bonchev–Trinajstić information content (AvgIpc) is 3.38. The molecule has 0 spiro atoms. The number of carbonyl (C=O) groups is 1. The van der Waals surface area contributed by atoms with Gasteiger partial charge in [-0.05, 0) is 62.3 Å². The fraction of sp³-hybridized carbons (Fsp3) is 0.667. The van der Waals surface area contributed by atoms with Crippen molar-refractivity contribution in [3.8, 4) is 0 Å². The van der Waals surface area contributed by atoms with Gasteiger partial charge in [-0.15, -0.1) is 0 Å². The zero-order valence-electron chi connectivity index (χ0n) is 13.0. The van der Waals surface area contributed by atoms with Gasteiger partial charge in [0.05, 0.1) is 0 Å². The number of nitrogens with zero attached hydrogens (tertiary/aromatic N) is 1. The summed E-state index contributed by atoms with van der Waals surface area (Å²) >= 11 is 0. The molecule has 2 fully saturated rings. The molecule has 4 heteroatoms. The van der Waals surface area contributed by atoms with Gasteiger partial charge in [0.1, 0.15) is 0 Å². The minimum Gasteiger partial charge on any atom is -0.353 e. The molecule has 1 N–H and O–H groups in total. The van der Waals surface area contributed by atoms with Crippen molar-refractivity contribution in [1.82, 2.24) is 9.88 Å². The van der Waals surface area contributed by atoms with Crippen molar-refractivity contribution in [1.29, 1.82) is 0 Å². The molecular formula is C18H24N2O2. The molecule has 1 aromatic heterocycles. The lowest BCUT2D eigenvalue weighted by molar-refractivity contribution is -0.122. The first-order valence-corrected chi connectivity index (χ1v) is 8.70. The first-order valence-electron chi connectivity index (χ1n) is 8.70. The van der Waals surface area contributed by atoms with Crippen LogP contribution in [-0.4, -0.2) is 16.5 Å². The van der Waals surface area contributed by atoms with Crippen molar-refractivity contribution in [2.24, 2.45) is 11.8 Å². The summed E-state index contributed by atoms with van der Waals surface area (Å²) in [6.45, 7) is 0.890. The monoisotopic (exact) mass is 300 g/mol. The van der Waals surface area contributed by atoms with Crippen LogP contribution in [0.1, 0.15) is 49.8 Å². The maximum atomic E-state index is 12.1. The predicted molar refractivity (Wildman–Crippen MR) is 84.7 cm³/mol. The molecular weight excluding hydrogens is 276 g/mol. The summed E-state index contributed by atoms with van der Waals surface area (Å²) in [7, 11) is 0. The Balaban J connectivity index is 1.46. The van der Waals surface area contributed by atoms with E-state index in [0.717, 1.165) is 25.8 Å². The van der Waals surface area contributed by atoms with E-state index in [2.05, 4.69) is 5.32 Å². The largest absolute Gasteiger partial charge is 0.353 e. The third-order valence-electron chi connectivity index (χ3n) is 5.26. The first kappa shape index (κ1) is 14.0. The standard InChI is InChI=1S/C18H24N2O2/c21-17(9-12-1-2-12)19-15-6-7-16-14(10-15)5-8-18(22)20(16)11-13-3-4-13/h5,8,12-13,15H,1-4,6-7,9-11H2,(H,19,21)/t15-/m0/s1. The van der Waals surface area contributed by atoms with Crippen LogP contribution in [0.2, 0.25) is 0 Å². The van der Waals surface area contributed by atoms with Gasteiger partial charge < -0.3 is 9.88 Å². The van der Waals surface area contributed by atoms with Crippen LogP contribution >= 0.6 is 0 Å². The fourth-order valence-electron chi connectivity index (χ4n) is 3.58. The summed E-state index contributed by atoms with van der Waals surface area (Å²) in [6, 6.07) is 3.92. The van der Waals surface area contributed by atoms with Crippen LogP contribution in [0, 0.1) is 11.8 Å². The second-order valence-electron chi connectivity index (χ2n) is 7.35. The molecule has 22 heavy (non-hydrogen) atoms. The van der Waals surface area contributed by atoms with E-state index in [1.54, 1.807) is 6.07 Å². The number of pyridine rings is 1. The molecule has 0 radical (unpaired) electrons. The molecule has 0 saturated heterocycles. The van der Waals surface area contributed by atoms with E-state index in [4.69, 9.17) is 0 Å². The SMILES string of the molecule is O=C(CC1CC1)N[C@H]1CCc2c(ccc(=O)n2CC2CC2)C1. The number of nitrogens with one attached hydrogen (secondary N) is 1. The quantitative estimate of drug-likeness (QED) is 0.904. The smallest absolute Gasteiger partial charge is 0.250 e. The topological polar surface area (TPSA) is 51.1 Å². The molecule has 1 aromatic rings. The number of fused-ring (bicyclic) bond motifs is 1. The Morgan fingerprint density at radius 1 is 1.14 bits per heavy atom. The Kier molecular flexibility index (Phi) is 3.55. The Bertz CT molecular complexity index is 641. The van der Waals surface area contributed by atoms with Crippen LogP contribution in [-0.2, 0) is 24.2 Å². The maximum Gasteiger partial charge on any atom is 0.250 e. The summed E-state index contributed by atoms with van der Waals surface area (Å²) < 4.78 is 2.00. The first-order chi connectivity index (χ1) is 10.7. The summed E-state index contributed by atoms with van der Waals surface area (Å²) in [5.74, 6) is 1.56. The Hall–Kier alpha value is -1.58. The van der Waals surface area contributed by atoms with Gasteiger partial charge in [-0.25, -0.2) is 0 Å². The fourth-order valence-corrected chi connectivity index (χ4v) is 3.58. The van der Waals surface area contributed by atoms with Crippen LogP contribution in [0.4, 0.5) is 0 Å². The van der Waals surface area contributed by atoms with E-state index < -0.39 is 0 Å². The molecule has 0 bridgehead atoms. The van der Waals surface area contributed by atoms with Crippen molar-refractivity contribution >= 4 is 5.91 Å². The van der Waals surface area contributed by atoms with Gasteiger partial charge >= 0.3 is 0 Å². The van der Waals surface area contributed by atoms with Gasteiger partial charge in [0, 0.05) is 30.8 Å². The van der Waals surface area contributed by atoms with Crippen LogP contribution in [0.5, 0.6) is 0 Å². The molecule has 0 aliphatic heterocycles. The Morgan fingerprint density at radius 2 is 1.91 bits per heavy atom. The number of rotatable bonds is 5. The van der Waals surface area contributed by atoms with Gasteiger partial charge in [0.15, 0.2) is 0 Å². The Morgan fingerprint density at radius 3 is 2.64 bits per heavy atom. The number of carbonyl (C=O) groups excluding carboxylic acids is 1. The molecule has 118 valence electrons. The molecule has 0 unspecified atom stereocenters. The number of aromatic nitrogens is 1. The number of hydrogen-bond donors (Lipinski definition) is 1. The molecule has 1 atom stereocenters. The average molecular weight is 300 g/mol. The molecule has 1 amide bonds. The minimum absolute atomic E-state index is 0.141. The van der Waals surface area contributed by atoms with E-state index in [9.17, 15) is 9.59 Å². The van der Waals surface area contributed by atoms with E-state index in [0.29, 0.717) is 18.3 Å². The van der Waals surface area contributed by atoms with Gasteiger partial charge in [-0.1, -0.05) is 6.07 Å². The second kappa shape index (κ2) is 5.56. The van der Waals surface area contributed by atoms with Crippen LogP contribution in [0.3, 0.4) is 0 Å². The van der Waals surface area contributed by atoms with Gasteiger partial charge in [0.2, 0.25) is 5.91 Å². The molecule has 2 saturated carbocycles. The van der Waals surface area contributed by atoms with Crippen molar-refractivity contribution < 1.29 is 4.79 Å². The zero-order chi connectivity index (χ0) is 15.1. The summed E-state index contributed by atoms with van der Waals surface area (Å²) in [6.07, 6.45) is 8.39. The third-order valence-corrected chi connectivity index (χ3v) is 5.26. The van der Waals surface area contributed by atoms with Crippen molar-refractivity contribution in [2.75, 3.05) is 0 Å². The highest BCUT2D eigenvalue weighted by atomic mass is 16.1. The van der Waals surface area contributed by atoms with Crippen molar-refractivity contribution in [3.63, 3.8) is 0 Å². The van der Waals surface area contributed by atoms with E-state index in [-0.39, 0.29) is 17.5 Å². The molecule has 4 nitrogen and oxygen atoms in total. The molecule has 0 aromatic carbocycles. The van der Waals surface area contributed by atoms with Gasteiger partial charge in [-0.3, -0.25) is 9.59 Å². The summed E-state index contributed by atoms with van der Waals surface area (Å²) in [4.78, 5) is 24.1. The molecule has 3 aliphatic carbocycles. The molecule has 3 aliphatic rings. The van der Waals surface area contributed by atoms with Gasteiger partial charge in [-0.2, -0.15) is 0 Å². The number of amides is 1. The van der Waals surface area contributed by atoms with Crippen LogP contribution in [0.25, 0.3) is 0 Å². The highest BCUT2D eigenvalue weighted by Crippen LogP contribution is 2.33. The van der Waals surface area contributed by atoms with E-state index >= 15 is 0 Å². The van der Waals surface area contributed by atoms with Crippen molar-refractivity contribution in [3.05, 3.63) is 33.7 Å². The van der Waals surface area contributed by atoms with E-state index in [1.165, 1.54) is 36.9 Å².